The van der Waals surface area contributed by atoms with Gasteiger partial charge >= 0.3 is 5.69 Å². The minimum atomic E-state index is -0.456. The van der Waals surface area contributed by atoms with Crippen LogP contribution in [-0.4, -0.2) is 14.8 Å². The van der Waals surface area contributed by atoms with Gasteiger partial charge in [-0.25, -0.2) is 9.48 Å². The fourth-order valence-corrected chi connectivity index (χ4v) is 0.748. The fraction of sp³-hybridized carbons (Fsp3) is 0.500. The predicted molar refractivity (Wildman–Crippen MR) is 39.4 cm³/mol. The van der Waals surface area contributed by atoms with Crippen molar-refractivity contribution < 1.29 is 0 Å². The molecule has 0 saturated carbocycles. The van der Waals surface area contributed by atoms with Crippen LogP contribution in [0, 0.1) is 0 Å². The summed E-state index contributed by atoms with van der Waals surface area (Å²) in [6, 6.07) is 0. The van der Waals surface area contributed by atoms with Crippen molar-refractivity contribution in [3.05, 3.63) is 27.0 Å². The van der Waals surface area contributed by atoms with E-state index in [0.717, 1.165) is 12.6 Å². The Morgan fingerprint density at radius 3 is 2.91 bits per heavy atom. The number of hydrogen-bond acceptors (Lipinski definition) is 3. The van der Waals surface area contributed by atoms with E-state index in [4.69, 9.17) is 0 Å². The second-order valence-corrected chi connectivity index (χ2v) is 2.16. The molecule has 0 fully saturated rings. The van der Waals surface area contributed by atoms with Gasteiger partial charge in [0.05, 0.1) is 0 Å². The lowest BCUT2D eigenvalue weighted by atomic mass is 10.5. The van der Waals surface area contributed by atoms with E-state index in [2.05, 4.69) is 10.1 Å². The molecule has 1 rings (SSSR count). The van der Waals surface area contributed by atoms with Gasteiger partial charge < -0.3 is 0 Å². The van der Waals surface area contributed by atoms with E-state index in [1.54, 1.807) is 0 Å². The van der Waals surface area contributed by atoms with Gasteiger partial charge in [-0.05, 0) is 6.42 Å². The molecule has 0 bridgehead atoms. The number of aromatic nitrogens is 3. The quantitative estimate of drug-likeness (QED) is 0.616. The molecule has 0 radical (unpaired) electrons. The highest BCUT2D eigenvalue weighted by molar-refractivity contribution is 4.68. The molecule has 0 amide bonds. The molecule has 0 saturated heterocycles. The Morgan fingerprint density at radius 1 is 1.64 bits per heavy atom. The summed E-state index contributed by atoms with van der Waals surface area (Å²) in [5, 5.41) is 3.63. The number of nitrogens with zero attached hydrogens (tertiary/aromatic N) is 2. The van der Waals surface area contributed by atoms with Gasteiger partial charge in [0.1, 0.15) is 6.20 Å². The average molecular weight is 155 g/mol. The average Bonchev–Trinajstić information content (AvgIpc) is 1.95. The highest BCUT2D eigenvalue weighted by Crippen LogP contribution is 1.76. The number of H-pyrrole nitrogens is 1. The van der Waals surface area contributed by atoms with Crippen LogP contribution < -0.4 is 11.2 Å². The molecule has 0 spiro atoms. The molecular weight excluding hydrogens is 146 g/mol. The SMILES string of the molecule is CCCn1ncc(=O)[nH]c1=O. The third kappa shape index (κ3) is 1.76. The molecule has 0 aliphatic rings. The predicted octanol–water partition coefficient (Wildman–Crippen LogP) is -0.658. The van der Waals surface area contributed by atoms with Crippen molar-refractivity contribution in [2.45, 2.75) is 19.9 Å². The molecule has 0 aliphatic carbocycles. The Hall–Kier alpha value is -1.39. The van der Waals surface area contributed by atoms with Crippen LogP contribution in [0.25, 0.3) is 0 Å². The number of aryl methyl sites for hydroxylation is 1. The van der Waals surface area contributed by atoms with Gasteiger partial charge in [0.15, 0.2) is 0 Å². The topological polar surface area (TPSA) is 67.8 Å². The highest BCUT2D eigenvalue weighted by Gasteiger charge is 1.93. The van der Waals surface area contributed by atoms with Crippen molar-refractivity contribution in [1.82, 2.24) is 14.8 Å². The van der Waals surface area contributed by atoms with Crippen LogP contribution >= 0.6 is 0 Å². The third-order valence-electron chi connectivity index (χ3n) is 1.21. The zero-order valence-electron chi connectivity index (χ0n) is 6.20. The van der Waals surface area contributed by atoms with E-state index in [1.807, 2.05) is 6.92 Å². The molecule has 11 heavy (non-hydrogen) atoms. The van der Waals surface area contributed by atoms with E-state index in [-0.39, 0.29) is 0 Å². The van der Waals surface area contributed by atoms with Gasteiger partial charge in [0.25, 0.3) is 5.56 Å². The number of aromatic amines is 1. The Kier molecular flexibility index (Phi) is 2.20. The molecular formula is C6H9N3O2. The summed E-state index contributed by atoms with van der Waals surface area (Å²) in [4.78, 5) is 23.5. The first-order chi connectivity index (χ1) is 5.24. The zero-order chi connectivity index (χ0) is 8.27. The van der Waals surface area contributed by atoms with Crippen LogP contribution in [-0.2, 0) is 6.54 Å². The monoisotopic (exact) mass is 155 g/mol. The van der Waals surface area contributed by atoms with Crippen molar-refractivity contribution in [2.75, 3.05) is 0 Å². The van der Waals surface area contributed by atoms with Crippen LogP contribution in [0.1, 0.15) is 13.3 Å². The van der Waals surface area contributed by atoms with Gasteiger partial charge in [-0.2, -0.15) is 5.10 Å². The molecule has 1 heterocycles. The van der Waals surface area contributed by atoms with Crippen molar-refractivity contribution in [3.8, 4) is 0 Å². The lowest BCUT2D eigenvalue weighted by Crippen LogP contribution is -2.31. The molecule has 0 unspecified atom stereocenters. The summed E-state index contributed by atoms with van der Waals surface area (Å²) in [5.74, 6) is 0. The molecule has 5 nitrogen and oxygen atoms in total. The lowest BCUT2D eigenvalue weighted by molar-refractivity contribution is 0.546. The fourth-order valence-electron chi connectivity index (χ4n) is 0.748. The molecule has 0 aromatic carbocycles. The first-order valence-corrected chi connectivity index (χ1v) is 3.40. The summed E-state index contributed by atoms with van der Waals surface area (Å²) in [6.45, 7) is 2.47. The first kappa shape index (κ1) is 7.71. The maximum absolute atomic E-state index is 10.9. The Bertz CT molecular complexity index is 338. The van der Waals surface area contributed by atoms with Crippen molar-refractivity contribution in [2.24, 2.45) is 0 Å². The van der Waals surface area contributed by atoms with Gasteiger partial charge in [-0.3, -0.25) is 9.78 Å². The number of hydrogen-bond donors (Lipinski definition) is 1. The van der Waals surface area contributed by atoms with Crippen LogP contribution in [0.2, 0.25) is 0 Å². The van der Waals surface area contributed by atoms with Gasteiger partial charge in [-0.15, -0.1) is 0 Å². The second-order valence-electron chi connectivity index (χ2n) is 2.16. The number of nitrogens with one attached hydrogen (secondary N) is 1. The smallest absolute Gasteiger partial charge is 0.271 e. The van der Waals surface area contributed by atoms with E-state index < -0.39 is 11.2 Å². The molecule has 0 aliphatic heterocycles. The minimum Gasteiger partial charge on any atom is -0.271 e. The molecule has 5 heteroatoms. The lowest BCUT2D eigenvalue weighted by Gasteiger charge is -1.97. The van der Waals surface area contributed by atoms with Crippen LogP contribution in [0.4, 0.5) is 0 Å². The van der Waals surface area contributed by atoms with Crippen LogP contribution in [0.15, 0.2) is 15.8 Å². The summed E-state index contributed by atoms with van der Waals surface area (Å²) in [7, 11) is 0. The van der Waals surface area contributed by atoms with E-state index in [1.165, 1.54) is 4.68 Å². The summed E-state index contributed by atoms with van der Waals surface area (Å²) in [5.41, 5.74) is -0.901. The van der Waals surface area contributed by atoms with E-state index in [9.17, 15) is 9.59 Å². The Labute approximate surface area is 62.7 Å². The third-order valence-corrected chi connectivity index (χ3v) is 1.21. The van der Waals surface area contributed by atoms with Crippen molar-refractivity contribution in [1.29, 1.82) is 0 Å². The van der Waals surface area contributed by atoms with Gasteiger partial charge in [0.2, 0.25) is 0 Å². The normalized spacial score (nSPS) is 9.91. The van der Waals surface area contributed by atoms with Crippen LogP contribution in [0.3, 0.4) is 0 Å². The number of rotatable bonds is 2. The van der Waals surface area contributed by atoms with E-state index >= 15 is 0 Å². The molecule has 1 N–H and O–H groups in total. The molecule has 60 valence electrons. The van der Waals surface area contributed by atoms with Gasteiger partial charge in [0, 0.05) is 6.54 Å². The first-order valence-electron chi connectivity index (χ1n) is 3.40. The molecule has 0 atom stereocenters. The van der Waals surface area contributed by atoms with Crippen molar-refractivity contribution >= 4 is 0 Å². The standard InChI is InChI=1S/C6H9N3O2/c1-2-3-9-6(11)8-5(10)4-7-9/h4H,2-3H2,1H3,(H,8,10,11). The second kappa shape index (κ2) is 3.14. The Balaban J connectivity index is 3.10. The Morgan fingerprint density at radius 2 is 2.36 bits per heavy atom. The summed E-state index contributed by atoms with van der Waals surface area (Å²) >= 11 is 0. The minimum absolute atomic E-state index is 0.445. The van der Waals surface area contributed by atoms with Crippen molar-refractivity contribution in [3.63, 3.8) is 0 Å². The van der Waals surface area contributed by atoms with E-state index in [0.29, 0.717) is 6.54 Å². The largest absolute Gasteiger partial charge is 0.344 e. The highest BCUT2D eigenvalue weighted by atomic mass is 16.2. The zero-order valence-corrected chi connectivity index (χ0v) is 6.20. The maximum atomic E-state index is 10.9. The summed E-state index contributed by atoms with van der Waals surface area (Å²) in [6.07, 6.45) is 1.91. The molecule has 1 aromatic rings. The maximum Gasteiger partial charge on any atom is 0.344 e. The van der Waals surface area contributed by atoms with Crippen LogP contribution in [0.5, 0.6) is 0 Å². The van der Waals surface area contributed by atoms with Gasteiger partial charge in [-0.1, -0.05) is 6.92 Å². The molecule has 1 aromatic heterocycles. The summed E-state index contributed by atoms with van der Waals surface area (Å²) < 4.78 is 1.22.